The molecule has 0 saturated heterocycles. The van der Waals surface area contributed by atoms with E-state index < -0.39 is 0 Å². The molecule has 3 aromatic heterocycles. The summed E-state index contributed by atoms with van der Waals surface area (Å²) in [5.74, 6) is 3.49. The van der Waals surface area contributed by atoms with Gasteiger partial charge in [0.2, 0.25) is 0 Å². The fourth-order valence-corrected chi connectivity index (χ4v) is 20.2. The molecule has 0 spiro atoms. The Morgan fingerprint density at radius 3 is 0.736 bits per heavy atom. The van der Waals surface area contributed by atoms with Crippen molar-refractivity contribution < 1.29 is 0 Å². The van der Waals surface area contributed by atoms with E-state index in [4.69, 9.17) is 34.9 Å². The smallest absolute Gasteiger partial charge is 0.164 e. The minimum absolute atomic E-state index is 0.132. The summed E-state index contributed by atoms with van der Waals surface area (Å²) in [7, 11) is 0. The Morgan fingerprint density at radius 2 is 0.372 bits per heavy atom. The van der Waals surface area contributed by atoms with Crippen molar-refractivity contribution in [3.05, 3.63) is 464 Å². The summed E-state index contributed by atoms with van der Waals surface area (Å²) in [6.07, 6.45) is 0. The fraction of sp³-hybridized carbons (Fsp3) is 0.0738. The van der Waals surface area contributed by atoms with Gasteiger partial charge in [-0.1, -0.05) is 442 Å². The molecule has 3 heterocycles. The molecule has 7 nitrogen and oxygen atoms in total. The molecule has 7 heteroatoms. The summed E-state index contributed by atoms with van der Waals surface area (Å²) in [5, 5.41) is 7.49. The van der Waals surface area contributed by atoms with Crippen LogP contribution >= 0.6 is 0 Å². The van der Waals surface area contributed by atoms with Crippen molar-refractivity contribution >= 4 is 32.3 Å². The van der Waals surface area contributed by atoms with E-state index in [1.165, 1.54) is 127 Å². The highest BCUT2D eigenvalue weighted by molar-refractivity contribution is 6.08. The average molecular weight is 1650 g/mol. The van der Waals surface area contributed by atoms with Crippen LogP contribution < -0.4 is 0 Å². The summed E-state index contributed by atoms with van der Waals surface area (Å²) in [4.78, 5) is 36.3. The van der Waals surface area contributed by atoms with Crippen LogP contribution in [0.3, 0.4) is 0 Å². The van der Waals surface area contributed by atoms with Gasteiger partial charge in [0.1, 0.15) is 0 Å². The SMILES string of the molecule is CC1(C)c2ccccc2-c2c(-c3cc(-c4ccc(-c5ccccc5)cc4)nc(-c4ccccc4)n3)cc3ccccc3c21.CC1(C)c2ccccc2-c2c(-c3nc(-c4ccccc4)cc(-c4ccc(-c5ccccc5)cc4)n3)cc3ccccc3c21.CC1(C)c2ccccc2-c2c(-c3nc(-c4ccccc4)nc(-c4ccc(-c5ccccc5)cc4)n3)cc3ccccc3c21. The molecule has 18 aromatic carbocycles. The summed E-state index contributed by atoms with van der Waals surface area (Å²) in [6, 6.07) is 152. The second kappa shape index (κ2) is 32.5. The van der Waals surface area contributed by atoms with Crippen LogP contribution in [0, 0.1) is 0 Å². The monoisotopic (exact) mass is 1650 g/mol. The van der Waals surface area contributed by atoms with Crippen molar-refractivity contribution in [3.8, 4) is 169 Å². The molecule has 0 fully saturated rings. The third kappa shape index (κ3) is 14.3. The Labute approximate surface area is 752 Å². The third-order valence-corrected chi connectivity index (χ3v) is 26.4. The number of fused-ring (bicyclic) bond motifs is 15. The van der Waals surface area contributed by atoms with Gasteiger partial charge in [-0.2, -0.15) is 0 Å². The minimum atomic E-state index is -0.160. The van der Waals surface area contributed by atoms with Crippen LogP contribution in [-0.2, 0) is 16.2 Å². The summed E-state index contributed by atoms with van der Waals surface area (Å²) in [5.41, 5.74) is 35.4. The van der Waals surface area contributed by atoms with Crippen LogP contribution in [0.4, 0.5) is 0 Å². The molecule has 24 rings (SSSR count). The highest BCUT2D eigenvalue weighted by Gasteiger charge is 2.42. The molecule has 0 amide bonds. The van der Waals surface area contributed by atoms with E-state index in [2.05, 4.69) is 424 Å². The number of hydrogen-bond acceptors (Lipinski definition) is 7. The van der Waals surface area contributed by atoms with Gasteiger partial charge in [0.05, 0.1) is 22.8 Å². The van der Waals surface area contributed by atoms with Gasteiger partial charge in [0, 0.05) is 66.3 Å². The van der Waals surface area contributed by atoms with Gasteiger partial charge in [-0.15, -0.1) is 0 Å². The Hall–Kier alpha value is -16.1. The van der Waals surface area contributed by atoms with E-state index in [1.807, 2.05) is 48.5 Å². The third-order valence-electron chi connectivity index (χ3n) is 26.4. The normalized spacial score (nSPS) is 13.1. The first-order valence-corrected chi connectivity index (χ1v) is 44.4. The second-order valence-corrected chi connectivity index (χ2v) is 35.4. The zero-order valence-electron chi connectivity index (χ0n) is 72.6. The van der Waals surface area contributed by atoms with Crippen LogP contribution in [0.2, 0.25) is 0 Å². The predicted octanol–water partition coefficient (Wildman–Crippen LogP) is 31.2. The van der Waals surface area contributed by atoms with Gasteiger partial charge in [-0.25, -0.2) is 34.9 Å². The topological polar surface area (TPSA) is 90.2 Å². The zero-order valence-corrected chi connectivity index (χ0v) is 72.6. The molecule has 3 aliphatic rings. The van der Waals surface area contributed by atoms with Gasteiger partial charge in [0.15, 0.2) is 29.1 Å². The van der Waals surface area contributed by atoms with E-state index in [0.717, 1.165) is 90.1 Å². The van der Waals surface area contributed by atoms with E-state index in [0.29, 0.717) is 17.5 Å². The Bertz CT molecular complexity index is 7130. The molecule has 0 radical (unpaired) electrons. The lowest BCUT2D eigenvalue weighted by Gasteiger charge is -2.24. The standard InChI is InChI=1S/2C41H30N2.C40H29N3/c1-41(2)35-20-12-11-19-33(35)38-34(25-31-17-9-10-18-32(31)39(38)41)37-26-36(42-40(43-37)30-15-7-4-8-16-30)29-23-21-28(22-24-29)27-13-5-3-6-14-27;1-41(2)35-20-12-11-19-33(35)38-34(25-31-17-9-10-18-32(31)39(38)41)40-42-36(29-15-7-4-8-16-29)26-37(43-40)30-23-21-28(22-24-30)27-13-5-3-6-14-27;1-40(2)34-20-12-11-19-32(34)35-33(25-30-17-9-10-18-31(30)36(35)40)39-42-37(28-15-7-4-8-16-28)41-38(43-39)29-23-21-27(22-24-29)26-13-5-3-6-14-26/h2*3-26H,1-2H3;3-25H,1-2H3. The number of nitrogens with zero attached hydrogens (tertiary/aromatic N) is 7. The lowest BCUT2D eigenvalue weighted by atomic mass is 9.79. The quantitative estimate of drug-likeness (QED) is 0.120. The summed E-state index contributed by atoms with van der Waals surface area (Å²) in [6.45, 7) is 14.0. The maximum Gasteiger partial charge on any atom is 0.164 e. The molecule has 0 bridgehead atoms. The van der Waals surface area contributed by atoms with Crippen LogP contribution in [0.1, 0.15) is 74.9 Å². The van der Waals surface area contributed by atoms with Gasteiger partial charge in [-0.3, -0.25) is 0 Å². The fourth-order valence-electron chi connectivity index (χ4n) is 20.2. The van der Waals surface area contributed by atoms with Gasteiger partial charge in [-0.05, 0) is 163 Å². The maximum atomic E-state index is 5.30. The first-order valence-electron chi connectivity index (χ1n) is 44.4. The van der Waals surface area contributed by atoms with Crippen molar-refractivity contribution in [2.45, 2.75) is 57.8 Å². The van der Waals surface area contributed by atoms with Gasteiger partial charge < -0.3 is 0 Å². The van der Waals surface area contributed by atoms with E-state index >= 15 is 0 Å². The Kier molecular flexibility index (Phi) is 19.8. The van der Waals surface area contributed by atoms with Crippen molar-refractivity contribution in [2.75, 3.05) is 0 Å². The van der Waals surface area contributed by atoms with Crippen LogP contribution in [0.5, 0.6) is 0 Å². The van der Waals surface area contributed by atoms with Crippen LogP contribution in [-0.4, -0.2) is 34.9 Å². The highest BCUT2D eigenvalue weighted by Crippen LogP contribution is 2.59. The zero-order chi connectivity index (χ0) is 86.9. The molecule has 0 aliphatic heterocycles. The van der Waals surface area contributed by atoms with Crippen LogP contribution in [0.25, 0.3) is 201 Å². The minimum Gasteiger partial charge on any atom is -0.228 e. The first kappa shape index (κ1) is 78.9. The summed E-state index contributed by atoms with van der Waals surface area (Å²) < 4.78 is 0. The largest absolute Gasteiger partial charge is 0.228 e. The number of aromatic nitrogens is 7. The molecular weight excluding hydrogens is 1560 g/mol. The van der Waals surface area contributed by atoms with E-state index in [1.54, 1.807) is 0 Å². The number of rotatable bonds is 12. The summed E-state index contributed by atoms with van der Waals surface area (Å²) >= 11 is 0. The molecule has 0 saturated carbocycles. The van der Waals surface area contributed by atoms with Crippen molar-refractivity contribution in [1.82, 2.24) is 34.9 Å². The van der Waals surface area contributed by atoms with E-state index in [-0.39, 0.29) is 16.2 Å². The van der Waals surface area contributed by atoms with Crippen LogP contribution in [0.15, 0.2) is 431 Å². The van der Waals surface area contributed by atoms with Gasteiger partial charge >= 0.3 is 0 Å². The number of benzene rings is 18. The molecule has 0 atom stereocenters. The lowest BCUT2D eigenvalue weighted by Crippen LogP contribution is -2.15. The maximum absolute atomic E-state index is 5.30. The molecule has 3 aliphatic carbocycles. The molecule has 0 unspecified atom stereocenters. The number of hydrogen-bond donors (Lipinski definition) is 0. The molecule has 612 valence electrons. The molecule has 21 aromatic rings. The molecule has 129 heavy (non-hydrogen) atoms. The lowest BCUT2D eigenvalue weighted by molar-refractivity contribution is 0.666. The molecule has 0 N–H and O–H groups in total. The van der Waals surface area contributed by atoms with E-state index in [9.17, 15) is 0 Å². The van der Waals surface area contributed by atoms with Gasteiger partial charge in [0.25, 0.3) is 0 Å². The Balaban J connectivity index is 0.000000114. The first-order chi connectivity index (χ1) is 63.2. The van der Waals surface area contributed by atoms with Crippen molar-refractivity contribution in [2.24, 2.45) is 0 Å². The average Bonchev–Trinajstić information content (AvgIpc) is 1.56. The highest BCUT2D eigenvalue weighted by atomic mass is 15.0. The van der Waals surface area contributed by atoms with Crippen molar-refractivity contribution in [1.29, 1.82) is 0 Å². The predicted molar refractivity (Wildman–Crippen MR) is 534 cm³/mol. The molecular formula is C122H89N7. The second-order valence-electron chi connectivity index (χ2n) is 35.4. The van der Waals surface area contributed by atoms with Crippen molar-refractivity contribution in [3.63, 3.8) is 0 Å². The Morgan fingerprint density at radius 1 is 0.155 bits per heavy atom.